The Bertz CT molecular complexity index is 1200. The summed E-state index contributed by atoms with van der Waals surface area (Å²) < 4.78 is 35.4. The third kappa shape index (κ3) is 4.00. The van der Waals surface area contributed by atoms with Crippen molar-refractivity contribution in [3.63, 3.8) is 0 Å². The highest BCUT2D eigenvalue weighted by Gasteiger charge is 2.32. The van der Waals surface area contributed by atoms with Crippen LogP contribution in [-0.2, 0) is 48.0 Å². The van der Waals surface area contributed by atoms with E-state index in [-0.39, 0.29) is 11.4 Å². The van der Waals surface area contributed by atoms with Crippen LogP contribution in [0.25, 0.3) is 0 Å². The van der Waals surface area contributed by atoms with Gasteiger partial charge in [-0.25, -0.2) is 8.42 Å². The molecule has 0 atom stereocenters. The third-order valence-corrected chi connectivity index (χ3v) is 7.08. The average molecular weight is 423 g/mol. The Balaban J connectivity index is 1.53. The minimum atomic E-state index is -3.70. The van der Waals surface area contributed by atoms with E-state index in [0.717, 1.165) is 22.5 Å². The smallest absolute Gasteiger partial charge is 0.243 e. The first-order valence-corrected chi connectivity index (χ1v) is 11.1. The zero-order valence-corrected chi connectivity index (χ0v) is 17.5. The second-order valence-corrected chi connectivity index (χ2v) is 9.14. The standard InChI is InChI=1S/C22H22N4O3S/c1-25-22-10-11-26(30(27,28)19-9-5-8-18(12-19)13-23)14-20(22)21(24-25)16-29-15-17-6-3-2-4-7-17/h2-9,12H,10-11,14-16H2,1H3. The Kier molecular flexibility index (Phi) is 5.68. The normalized spacial score (nSPS) is 14.3. The van der Waals surface area contributed by atoms with E-state index in [1.165, 1.54) is 16.4 Å². The number of sulfonamides is 1. The van der Waals surface area contributed by atoms with Gasteiger partial charge in [0.25, 0.3) is 0 Å². The number of hydrogen-bond donors (Lipinski definition) is 0. The first-order valence-electron chi connectivity index (χ1n) is 9.64. The lowest BCUT2D eigenvalue weighted by molar-refractivity contribution is 0.103. The fraction of sp³-hybridized carbons (Fsp3) is 0.273. The number of aromatic nitrogens is 2. The van der Waals surface area contributed by atoms with Crippen LogP contribution in [0.15, 0.2) is 59.5 Å². The van der Waals surface area contributed by atoms with Gasteiger partial charge in [-0.3, -0.25) is 4.68 Å². The molecule has 7 nitrogen and oxygen atoms in total. The zero-order valence-electron chi connectivity index (χ0n) is 16.7. The Morgan fingerprint density at radius 3 is 2.70 bits per heavy atom. The Hall–Kier alpha value is -2.99. The van der Waals surface area contributed by atoms with Crippen LogP contribution < -0.4 is 0 Å². The fourth-order valence-corrected chi connectivity index (χ4v) is 5.14. The van der Waals surface area contributed by atoms with Crippen LogP contribution >= 0.6 is 0 Å². The number of ether oxygens (including phenoxy) is 1. The highest BCUT2D eigenvalue weighted by molar-refractivity contribution is 7.89. The summed E-state index contributed by atoms with van der Waals surface area (Å²) in [7, 11) is -1.83. The van der Waals surface area contributed by atoms with Crippen LogP contribution in [-0.4, -0.2) is 29.0 Å². The van der Waals surface area contributed by atoms with Gasteiger partial charge < -0.3 is 4.74 Å². The van der Waals surface area contributed by atoms with Crippen molar-refractivity contribution >= 4 is 10.0 Å². The van der Waals surface area contributed by atoms with Gasteiger partial charge in [-0.1, -0.05) is 36.4 Å². The molecule has 2 heterocycles. The van der Waals surface area contributed by atoms with Gasteiger partial charge in [0, 0.05) is 37.8 Å². The highest BCUT2D eigenvalue weighted by atomic mass is 32.2. The maximum absolute atomic E-state index is 13.1. The first kappa shape index (κ1) is 20.3. The van der Waals surface area contributed by atoms with Crippen LogP contribution in [0.3, 0.4) is 0 Å². The summed E-state index contributed by atoms with van der Waals surface area (Å²) in [5.41, 5.74) is 4.09. The van der Waals surface area contributed by atoms with Gasteiger partial charge in [0.15, 0.2) is 0 Å². The van der Waals surface area contributed by atoms with Gasteiger partial charge in [-0.05, 0) is 23.8 Å². The van der Waals surface area contributed by atoms with Crippen molar-refractivity contribution in [1.29, 1.82) is 5.26 Å². The number of nitriles is 1. The number of fused-ring (bicyclic) bond motifs is 1. The number of benzene rings is 2. The fourth-order valence-electron chi connectivity index (χ4n) is 3.68. The van der Waals surface area contributed by atoms with E-state index in [9.17, 15) is 8.42 Å². The Morgan fingerprint density at radius 2 is 1.93 bits per heavy atom. The molecule has 0 amide bonds. The number of nitrogens with zero attached hydrogens (tertiary/aromatic N) is 4. The summed E-state index contributed by atoms with van der Waals surface area (Å²) in [5.74, 6) is 0. The molecule has 3 aromatic rings. The van der Waals surface area contributed by atoms with Gasteiger partial charge in [-0.15, -0.1) is 0 Å². The van der Waals surface area contributed by atoms with Crippen LogP contribution in [0.2, 0.25) is 0 Å². The summed E-state index contributed by atoms with van der Waals surface area (Å²) >= 11 is 0. The molecule has 4 rings (SSSR count). The van der Waals surface area contributed by atoms with Gasteiger partial charge in [-0.2, -0.15) is 14.7 Å². The molecule has 1 aromatic heterocycles. The van der Waals surface area contributed by atoms with Crippen molar-refractivity contribution in [2.75, 3.05) is 6.54 Å². The van der Waals surface area contributed by atoms with Crippen LogP contribution in [0, 0.1) is 11.3 Å². The van der Waals surface area contributed by atoms with E-state index in [1.807, 2.05) is 48.1 Å². The maximum atomic E-state index is 13.1. The molecule has 0 saturated heterocycles. The molecule has 8 heteroatoms. The summed E-state index contributed by atoms with van der Waals surface area (Å²) in [6.45, 7) is 1.40. The molecule has 30 heavy (non-hydrogen) atoms. The number of rotatable bonds is 6. The van der Waals surface area contributed by atoms with E-state index in [4.69, 9.17) is 10.00 Å². The number of aryl methyl sites for hydroxylation is 1. The second-order valence-electron chi connectivity index (χ2n) is 7.20. The molecule has 1 aliphatic heterocycles. The predicted molar refractivity (Wildman–Crippen MR) is 111 cm³/mol. The molecule has 0 N–H and O–H groups in total. The monoisotopic (exact) mass is 422 g/mol. The molecular formula is C22H22N4O3S. The van der Waals surface area contributed by atoms with Crippen LogP contribution in [0.5, 0.6) is 0 Å². The van der Waals surface area contributed by atoms with Gasteiger partial charge in [0.1, 0.15) is 0 Å². The topological polar surface area (TPSA) is 88.2 Å². The van der Waals surface area contributed by atoms with Crippen molar-refractivity contribution in [3.8, 4) is 6.07 Å². The van der Waals surface area contributed by atoms with Crippen molar-refractivity contribution in [1.82, 2.24) is 14.1 Å². The van der Waals surface area contributed by atoms with Crippen molar-refractivity contribution in [2.45, 2.75) is 31.1 Å². The van der Waals surface area contributed by atoms with E-state index in [2.05, 4.69) is 5.10 Å². The van der Waals surface area contributed by atoms with Gasteiger partial charge in [0.2, 0.25) is 10.0 Å². The molecule has 2 aromatic carbocycles. The quantitative estimate of drug-likeness (QED) is 0.609. The van der Waals surface area contributed by atoms with Crippen molar-refractivity contribution in [3.05, 3.63) is 82.7 Å². The summed E-state index contributed by atoms with van der Waals surface area (Å²) in [5, 5.41) is 13.7. The maximum Gasteiger partial charge on any atom is 0.243 e. The number of hydrogen-bond acceptors (Lipinski definition) is 5. The molecule has 0 unspecified atom stereocenters. The minimum absolute atomic E-state index is 0.135. The third-order valence-electron chi connectivity index (χ3n) is 5.24. The second kappa shape index (κ2) is 8.40. The molecule has 0 aliphatic carbocycles. The average Bonchev–Trinajstić information content (AvgIpc) is 3.09. The lowest BCUT2D eigenvalue weighted by Crippen LogP contribution is -2.36. The van der Waals surface area contributed by atoms with Crippen molar-refractivity contribution in [2.24, 2.45) is 7.05 Å². The van der Waals surface area contributed by atoms with Crippen LogP contribution in [0.4, 0.5) is 0 Å². The first-order chi connectivity index (χ1) is 14.5. The zero-order chi connectivity index (χ0) is 21.1. The van der Waals surface area contributed by atoms with E-state index < -0.39 is 10.0 Å². The Morgan fingerprint density at radius 1 is 1.13 bits per heavy atom. The van der Waals surface area contributed by atoms with Gasteiger partial charge in [0.05, 0.1) is 35.4 Å². The molecule has 0 fully saturated rings. The highest BCUT2D eigenvalue weighted by Crippen LogP contribution is 2.27. The lowest BCUT2D eigenvalue weighted by atomic mass is 10.1. The minimum Gasteiger partial charge on any atom is -0.370 e. The molecule has 1 aliphatic rings. The summed E-state index contributed by atoms with van der Waals surface area (Å²) in [6, 6.07) is 18.0. The van der Waals surface area contributed by atoms with E-state index >= 15 is 0 Å². The molecular weight excluding hydrogens is 400 g/mol. The molecule has 0 bridgehead atoms. The van der Waals surface area contributed by atoms with E-state index in [0.29, 0.717) is 31.7 Å². The summed E-state index contributed by atoms with van der Waals surface area (Å²) in [4.78, 5) is 0.135. The van der Waals surface area contributed by atoms with Crippen LogP contribution in [0.1, 0.15) is 28.1 Å². The van der Waals surface area contributed by atoms with E-state index in [1.54, 1.807) is 12.1 Å². The lowest BCUT2D eigenvalue weighted by Gasteiger charge is -2.27. The molecule has 0 spiro atoms. The SMILES string of the molecule is Cn1nc(COCc2ccccc2)c2c1CCN(S(=O)(=O)c1cccc(C#N)c1)C2. The molecule has 0 saturated carbocycles. The summed E-state index contributed by atoms with van der Waals surface area (Å²) in [6.07, 6.45) is 0.578. The Labute approximate surface area is 176 Å². The molecule has 0 radical (unpaired) electrons. The predicted octanol–water partition coefficient (Wildman–Crippen LogP) is 2.76. The largest absolute Gasteiger partial charge is 0.370 e. The van der Waals surface area contributed by atoms with Gasteiger partial charge >= 0.3 is 0 Å². The van der Waals surface area contributed by atoms with Crippen molar-refractivity contribution < 1.29 is 13.2 Å². The molecule has 154 valence electrons.